The molecule has 0 aliphatic carbocycles. The summed E-state index contributed by atoms with van der Waals surface area (Å²) < 4.78 is 1.00. The predicted octanol–water partition coefficient (Wildman–Crippen LogP) is 7.49. The largest absolute Gasteiger partial charge is 0.259 e. The van der Waals surface area contributed by atoms with Crippen molar-refractivity contribution in [3.63, 3.8) is 0 Å². The zero-order valence-electron chi connectivity index (χ0n) is 16.3. The Morgan fingerprint density at radius 1 is 0.520 bits per heavy atom. The highest BCUT2D eigenvalue weighted by Gasteiger charge is 2.32. The van der Waals surface area contributed by atoms with Crippen LogP contribution in [0.4, 0.5) is 11.4 Å². The molecule has 0 fully saturated rings. The number of quaternary nitrogens is 1. The molecule has 0 radical (unpaired) electrons. The summed E-state index contributed by atoms with van der Waals surface area (Å²) in [5.41, 5.74) is 2.88. The Balaban J connectivity index is 2.21. The maximum atomic E-state index is 2.32. The van der Waals surface area contributed by atoms with Crippen LogP contribution in [0.25, 0.3) is 0 Å². The van der Waals surface area contributed by atoms with Gasteiger partial charge in [0.1, 0.15) is 11.4 Å². The van der Waals surface area contributed by atoms with E-state index in [0.717, 1.165) is 4.48 Å². The Bertz CT molecular complexity index is 522. The number of benzene rings is 2. The summed E-state index contributed by atoms with van der Waals surface area (Å²) in [6, 6.07) is 22.3. The summed E-state index contributed by atoms with van der Waals surface area (Å²) in [5, 5.41) is 0. The molecule has 0 unspecified atom stereocenters. The molecule has 0 spiro atoms. The van der Waals surface area contributed by atoms with Crippen LogP contribution in [-0.2, 0) is 0 Å². The second-order valence-corrected chi connectivity index (χ2v) is 7.21. The van der Waals surface area contributed by atoms with E-state index >= 15 is 0 Å². The van der Waals surface area contributed by atoms with E-state index in [1.807, 2.05) is 0 Å². The van der Waals surface area contributed by atoms with Gasteiger partial charge in [-0.1, -0.05) is 82.3 Å². The smallest absolute Gasteiger partial charge is 0.137 e. The topological polar surface area (TPSA) is 0 Å². The zero-order chi connectivity index (χ0) is 17.8. The number of para-hydroxylation sites is 2. The minimum Gasteiger partial charge on any atom is -0.259 e. The molecular weight excluding hydrogens is 302 g/mol. The van der Waals surface area contributed by atoms with E-state index in [2.05, 4.69) is 74.5 Å². The van der Waals surface area contributed by atoms with Crippen LogP contribution in [0.2, 0.25) is 0 Å². The second kappa shape index (κ2) is 11.1. The molecule has 0 atom stereocenters. The molecule has 0 amide bonds. The molecule has 2 aromatic carbocycles. The summed E-state index contributed by atoms with van der Waals surface area (Å²) >= 11 is 0. The van der Waals surface area contributed by atoms with E-state index in [1.54, 1.807) is 0 Å². The minimum absolute atomic E-state index is 1.00. The molecule has 0 bridgehead atoms. The highest BCUT2D eigenvalue weighted by atomic mass is 15.4. The molecule has 0 aliphatic rings. The quantitative estimate of drug-likeness (QED) is 0.278. The fraction of sp³-hybridized carbons (Fsp3) is 0.500. The summed E-state index contributed by atoms with van der Waals surface area (Å²) in [5.74, 6) is 0. The van der Waals surface area contributed by atoms with Crippen LogP contribution >= 0.6 is 0 Å². The molecule has 1 heteroatoms. The molecule has 136 valence electrons. The Hall–Kier alpha value is -1.60. The van der Waals surface area contributed by atoms with Crippen molar-refractivity contribution < 1.29 is 0 Å². The molecule has 0 heterocycles. The summed E-state index contributed by atoms with van der Waals surface area (Å²) in [6.45, 7) is 6.99. The lowest BCUT2D eigenvalue weighted by Gasteiger charge is -2.38. The second-order valence-electron chi connectivity index (χ2n) is 7.21. The lowest BCUT2D eigenvalue weighted by Crippen LogP contribution is -2.45. The van der Waals surface area contributed by atoms with Crippen molar-refractivity contribution in [1.82, 2.24) is 4.48 Å². The van der Waals surface area contributed by atoms with Crippen LogP contribution in [0.1, 0.15) is 65.2 Å². The number of rotatable bonds is 12. The van der Waals surface area contributed by atoms with E-state index < -0.39 is 0 Å². The summed E-state index contributed by atoms with van der Waals surface area (Å²) in [4.78, 5) is 0. The molecule has 0 saturated heterocycles. The Morgan fingerprint density at radius 3 is 1.48 bits per heavy atom. The lowest BCUT2D eigenvalue weighted by atomic mass is 10.1. The molecular formula is C24H36N+. The van der Waals surface area contributed by atoms with Gasteiger partial charge in [0.05, 0.1) is 13.1 Å². The van der Waals surface area contributed by atoms with Crippen molar-refractivity contribution in [3.8, 4) is 0 Å². The lowest BCUT2D eigenvalue weighted by molar-refractivity contribution is 0.359. The molecule has 2 rings (SSSR count). The number of nitrogens with zero attached hydrogens (tertiary/aromatic N) is 1. The first-order valence-corrected chi connectivity index (χ1v) is 10.3. The molecule has 2 aromatic rings. The van der Waals surface area contributed by atoms with E-state index in [4.69, 9.17) is 0 Å². The first kappa shape index (κ1) is 19.7. The summed E-state index contributed by atoms with van der Waals surface area (Å²) in [7, 11) is 0. The predicted molar refractivity (Wildman–Crippen MR) is 112 cm³/mol. The van der Waals surface area contributed by atoms with E-state index in [1.165, 1.54) is 75.8 Å². The fourth-order valence-corrected chi connectivity index (χ4v) is 3.79. The maximum Gasteiger partial charge on any atom is 0.137 e. The van der Waals surface area contributed by atoms with Crippen LogP contribution in [0.3, 0.4) is 0 Å². The van der Waals surface area contributed by atoms with Crippen molar-refractivity contribution >= 4 is 11.4 Å². The van der Waals surface area contributed by atoms with E-state index in [-0.39, 0.29) is 0 Å². The minimum atomic E-state index is 1.00. The third kappa shape index (κ3) is 5.71. The average molecular weight is 339 g/mol. The third-order valence-corrected chi connectivity index (χ3v) is 5.29. The van der Waals surface area contributed by atoms with Crippen molar-refractivity contribution in [2.45, 2.75) is 65.2 Å². The van der Waals surface area contributed by atoms with Gasteiger partial charge in [-0.15, -0.1) is 0 Å². The normalized spacial score (nSPS) is 11.6. The number of hydrogen-bond acceptors (Lipinski definition) is 0. The van der Waals surface area contributed by atoms with Gasteiger partial charge in [0, 0.05) is 0 Å². The Labute approximate surface area is 155 Å². The third-order valence-electron chi connectivity index (χ3n) is 5.29. The SMILES string of the molecule is CCCCCCCC[N+](CCCC)(c1ccccc1)c1ccccc1. The van der Waals surface area contributed by atoms with E-state index in [0.29, 0.717) is 0 Å². The van der Waals surface area contributed by atoms with Gasteiger partial charge < -0.3 is 0 Å². The molecule has 25 heavy (non-hydrogen) atoms. The maximum absolute atomic E-state index is 2.32. The van der Waals surface area contributed by atoms with Gasteiger partial charge in [-0.3, -0.25) is 4.48 Å². The van der Waals surface area contributed by atoms with Gasteiger partial charge in [0.15, 0.2) is 0 Å². The van der Waals surface area contributed by atoms with Gasteiger partial charge in [0.2, 0.25) is 0 Å². The van der Waals surface area contributed by atoms with Crippen LogP contribution in [-0.4, -0.2) is 13.1 Å². The van der Waals surface area contributed by atoms with Crippen LogP contribution in [0, 0.1) is 0 Å². The molecule has 0 N–H and O–H groups in total. The first-order chi connectivity index (χ1) is 12.3. The van der Waals surface area contributed by atoms with Gasteiger partial charge >= 0.3 is 0 Å². The van der Waals surface area contributed by atoms with Gasteiger partial charge in [0.25, 0.3) is 0 Å². The average Bonchev–Trinajstić information content (AvgIpc) is 2.68. The highest BCUT2D eigenvalue weighted by Crippen LogP contribution is 2.35. The monoisotopic (exact) mass is 338 g/mol. The fourth-order valence-electron chi connectivity index (χ4n) is 3.79. The van der Waals surface area contributed by atoms with Crippen LogP contribution in [0.5, 0.6) is 0 Å². The van der Waals surface area contributed by atoms with Gasteiger partial charge in [-0.25, -0.2) is 0 Å². The standard InChI is InChI=1S/C24H36N/c1-3-5-7-8-9-16-22-25(21-6-4-2,23-17-12-10-13-18-23)24-19-14-11-15-20-24/h10-15,17-20H,3-9,16,21-22H2,1-2H3/q+1. The number of unbranched alkanes of at least 4 members (excludes halogenated alkanes) is 6. The number of hydrogen-bond donors (Lipinski definition) is 0. The first-order valence-electron chi connectivity index (χ1n) is 10.3. The van der Waals surface area contributed by atoms with Gasteiger partial charge in [-0.2, -0.15) is 0 Å². The van der Waals surface area contributed by atoms with Crippen molar-refractivity contribution in [2.24, 2.45) is 0 Å². The molecule has 0 saturated carbocycles. The van der Waals surface area contributed by atoms with Crippen LogP contribution in [0.15, 0.2) is 60.7 Å². The van der Waals surface area contributed by atoms with E-state index in [9.17, 15) is 0 Å². The van der Waals surface area contributed by atoms with Crippen molar-refractivity contribution in [1.29, 1.82) is 0 Å². The van der Waals surface area contributed by atoms with Gasteiger partial charge in [-0.05, 0) is 43.5 Å². The Morgan fingerprint density at radius 2 is 0.960 bits per heavy atom. The highest BCUT2D eigenvalue weighted by molar-refractivity contribution is 5.58. The summed E-state index contributed by atoms with van der Waals surface area (Å²) in [6.07, 6.45) is 10.6. The van der Waals surface area contributed by atoms with Crippen molar-refractivity contribution in [3.05, 3.63) is 60.7 Å². The molecule has 0 aromatic heterocycles. The van der Waals surface area contributed by atoms with Crippen molar-refractivity contribution in [2.75, 3.05) is 13.1 Å². The molecule has 0 aliphatic heterocycles. The Kier molecular flexibility index (Phi) is 8.76. The molecule has 1 nitrogen and oxygen atoms in total. The van der Waals surface area contributed by atoms with Crippen LogP contribution < -0.4 is 4.48 Å². The zero-order valence-corrected chi connectivity index (χ0v) is 16.3.